The van der Waals surface area contributed by atoms with Crippen LogP contribution in [0, 0.1) is 0 Å². The van der Waals surface area contributed by atoms with Crippen molar-refractivity contribution in [2.45, 2.75) is 0 Å². The van der Waals surface area contributed by atoms with Crippen LogP contribution in [0.1, 0.15) is 10.4 Å². The van der Waals surface area contributed by atoms with Crippen molar-refractivity contribution in [1.82, 2.24) is 0 Å². The number of ketones is 1. The fourth-order valence-corrected chi connectivity index (χ4v) is 2.99. The molecular formula is C22H16O6. The molecule has 0 fully saturated rings. The summed E-state index contributed by atoms with van der Waals surface area (Å²) >= 11 is 0. The molecule has 3 aromatic carbocycles. The summed E-state index contributed by atoms with van der Waals surface area (Å²) in [6, 6.07) is 16.3. The van der Waals surface area contributed by atoms with Gasteiger partial charge in [-0.05, 0) is 24.3 Å². The van der Waals surface area contributed by atoms with Gasteiger partial charge in [0.25, 0.3) is 0 Å². The molecule has 0 saturated carbocycles. The quantitative estimate of drug-likeness (QED) is 0.420. The monoisotopic (exact) mass is 376 g/mol. The summed E-state index contributed by atoms with van der Waals surface area (Å²) in [6.45, 7) is -0.240. The molecular weight excluding hydrogens is 360 g/mol. The van der Waals surface area contributed by atoms with Gasteiger partial charge in [-0.3, -0.25) is 9.59 Å². The highest BCUT2D eigenvalue weighted by atomic mass is 16.5. The summed E-state index contributed by atoms with van der Waals surface area (Å²) < 4.78 is 16.4. The summed E-state index contributed by atoms with van der Waals surface area (Å²) in [5, 5.41) is 10.8. The molecule has 0 aliphatic rings. The third kappa shape index (κ3) is 3.16. The Balaban J connectivity index is 1.65. The van der Waals surface area contributed by atoms with Gasteiger partial charge in [0.15, 0.2) is 12.4 Å². The molecule has 1 aromatic heterocycles. The smallest absolute Gasteiger partial charge is 0.204 e. The highest BCUT2D eigenvalue weighted by Gasteiger charge is 2.14. The first-order valence-electron chi connectivity index (χ1n) is 8.55. The number of phenols is 1. The van der Waals surface area contributed by atoms with Crippen LogP contribution in [0.25, 0.3) is 21.9 Å². The van der Waals surface area contributed by atoms with Crippen LogP contribution in [0.5, 0.6) is 17.2 Å². The highest BCUT2D eigenvalue weighted by molar-refractivity contribution is 5.98. The fraction of sp³-hybridized carbons (Fsp3) is 0.0909. The maximum atomic E-state index is 12.6. The Morgan fingerprint density at radius 3 is 2.64 bits per heavy atom. The number of para-hydroxylation sites is 1. The Kier molecular flexibility index (Phi) is 4.45. The zero-order valence-corrected chi connectivity index (χ0v) is 15.0. The minimum Gasteiger partial charge on any atom is -0.507 e. The highest BCUT2D eigenvalue weighted by Crippen LogP contribution is 2.30. The fourth-order valence-electron chi connectivity index (χ4n) is 2.99. The molecule has 0 spiro atoms. The minimum atomic E-state index is -0.326. The normalized spacial score (nSPS) is 10.9. The van der Waals surface area contributed by atoms with E-state index in [4.69, 9.17) is 13.9 Å². The van der Waals surface area contributed by atoms with E-state index in [2.05, 4.69) is 0 Å². The maximum Gasteiger partial charge on any atom is 0.204 e. The molecule has 1 heterocycles. The molecule has 0 amide bonds. The Bertz CT molecular complexity index is 1260. The molecule has 6 nitrogen and oxygen atoms in total. The first-order chi connectivity index (χ1) is 13.6. The van der Waals surface area contributed by atoms with Crippen LogP contribution < -0.4 is 14.9 Å². The van der Waals surface area contributed by atoms with E-state index in [1.807, 2.05) is 0 Å². The van der Waals surface area contributed by atoms with Crippen LogP contribution in [0.4, 0.5) is 0 Å². The predicted molar refractivity (Wildman–Crippen MR) is 104 cm³/mol. The van der Waals surface area contributed by atoms with E-state index >= 15 is 0 Å². The van der Waals surface area contributed by atoms with Crippen molar-refractivity contribution in [1.29, 1.82) is 0 Å². The van der Waals surface area contributed by atoms with Crippen LogP contribution in [0.3, 0.4) is 0 Å². The molecule has 0 aliphatic heterocycles. The summed E-state index contributed by atoms with van der Waals surface area (Å²) in [7, 11) is 1.52. The van der Waals surface area contributed by atoms with Crippen molar-refractivity contribution < 1.29 is 23.8 Å². The summed E-state index contributed by atoms with van der Waals surface area (Å²) in [6.07, 6.45) is 0. The lowest BCUT2D eigenvalue weighted by atomic mass is 10.1. The van der Waals surface area contributed by atoms with Gasteiger partial charge in [0.05, 0.1) is 12.5 Å². The lowest BCUT2D eigenvalue weighted by Crippen LogP contribution is -2.12. The lowest BCUT2D eigenvalue weighted by molar-refractivity contribution is 0.0921. The molecule has 0 aliphatic carbocycles. The number of methoxy groups -OCH3 is 1. The number of benzene rings is 3. The molecule has 140 valence electrons. The second-order valence-corrected chi connectivity index (χ2v) is 6.19. The minimum absolute atomic E-state index is 0.0742. The van der Waals surface area contributed by atoms with Gasteiger partial charge in [-0.25, -0.2) is 0 Å². The van der Waals surface area contributed by atoms with Gasteiger partial charge in [0, 0.05) is 17.7 Å². The molecule has 0 saturated heterocycles. The van der Waals surface area contributed by atoms with E-state index in [1.165, 1.54) is 19.2 Å². The number of phenolic OH excluding ortho intramolecular Hbond substituents is 1. The van der Waals surface area contributed by atoms with Gasteiger partial charge >= 0.3 is 0 Å². The first-order valence-corrected chi connectivity index (χ1v) is 8.55. The molecule has 1 N–H and O–H groups in total. The summed E-state index contributed by atoms with van der Waals surface area (Å²) in [5.74, 6) is 0.279. The van der Waals surface area contributed by atoms with Gasteiger partial charge in [-0.1, -0.05) is 24.3 Å². The molecule has 6 heteroatoms. The van der Waals surface area contributed by atoms with E-state index < -0.39 is 0 Å². The molecule has 0 atom stereocenters. The number of aromatic hydroxyl groups is 1. The van der Waals surface area contributed by atoms with E-state index in [-0.39, 0.29) is 40.3 Å². The van der Waals surface area contributed by atoms with Crippen LogP contribution in [-0.2, 0) is 0 Å². The standard InChI is InChI=1S/C22H16O6/c1-26-14-6-4-5-13(9-14)18(24)12-27-15-10-17(23)21-20(11-15)28-19-8-3-2-7-16(19)22(21)25/h2-11,23H,12H2,1H3. The zero-order valence-electron chi connectivity index (χ0n) is 15.0. The predicted octanol–water partition coefficient (Wildman–Crippen LogP) is 3.92. The van der Waals surface area contributed by atoms with Crippen molar-refractivity contribution in [3.05, 3.63) is 76.5 Å². The average Bonchev–Trinajstić information content (AvgIpc) is 2.72. The number of carbonyl (C=O) groups is 1. The molecule has 0 bridgehead atoms. The number of Topliss-reactive ketones (excluding diaryl/α,β-unsaturated/α-hetero) is 1. The summed E-state index contributed by atoms with van der Waals surface area (Å²) in [5.41, 5.74) is 0.715. The second kappa shape index (κ2) is 7.08. The summed E-state index contributed by atoms with van der Waals surface area (Å²) in [4.78, 5) is 25.0. The van der Waals surface area contributed by atoms with Crippen LogP contribution in [0.15, 0.2) is 69.9 Å². The third-order valence-electron chi connectivity index (χ3n) is 4.40. The topological polar surface area (TPSA) is 86.0 Å². The van der Waals surface area contributed by atoms with E-state index in [0.29, 0.717) is 22.3 Å². The number of carbonyl (C=O) groups excluding carboxylic acids is 1. The average molecular weight is 376 g/mol. The van der Waals surface area contributed by atoms with Crippen molar-refractivity contribution in [3.8, 4) is 17.2 Å². The van der Waals surface area contributed by atoms with E-state index in [1.54, 1.807) is 48.5 Å². The largest absolute Gasteiger partial charge is 0.507 e. The zero-order chi connectivity index (χ0) is 19.7. The number of ether oxygens (including phenoxy) is 2. The number of hydrogen-bond acceptors (Lipinski definition) is 6. The van der Waals surface area contributed by atoms with Gasteiger partial charge in [-0.2, -0.15) is 0 Å². The molecule has 0 radical (unpaired) electrons. The molecule has 4 rings (SSSR count). The van der Waals surface area contributed by atoms with Gasteiger partial charge in [-0.15, -0.1) is 0 Å². The maximum absolute atomic E-state index is 12.6. The van der Waals surface area contributed by atoms with Gasteiger partial charge in [0.1, 0.15) is 33.8 Å². The second-order valence-electron chi connectivity index (χ2n) is 6.19. The SMILES string of the molecule is COc1cccc(C(=O)COc2cc(O)c3c(=O)c4ccccc4oc3c2)c1. The first kappa shape index (κ1) is 17.6. The molecule has 28 heavy (non-hydrogen) atoms. The van der Waals surface area contributed by atoms with Crippen molar-refractivity contribution in [2.75, 3.05) is 13.7 Å². The Morgan fingerprint density at radius 2 is 1.82 bits per heavy atom. The number of fused-ring (bicyclic) bond motifs is 2. The van der Waals surface area contributed by atoms with Crippen molar-refractivity contribution in [3.63, 3.8) is 0 Å². The number of hydrogen-bond donors (Lipinski definition) is 1. The van der Waals surface area contributed by atoms with E-state index in [9.17, 15) is 14.7 Å². The van der Waals surface area contributed by atoms with Crippen LogP contribution in [-0.4, -0.2) is 24.6 Å². The Hall–Kier alpha value is -3.80. The number of rotatable bonds is 5. The lowest BCUT2D eigenvalue weighted by Gasteiger charge is -2.09. The Labute approximate surface area is 159 Å². The third-order valence-corrected chi connectivity index (χ3v) is 4.40. The van der Waals surface area contributed by atoms with Crippen molar-refractivity contribution >= 4 is 27.7 Å². The van der Waals surface area contributed by atoms with E-state index in [0.717, 1.165) is 0 Å². The van der Waals surface area contributed by atoms with Crippen LogP contribution in [0.2, 0.25) is 0 Å². The Morgan fingerprint density at radius 1 is 1.00 bits per heavy atom. The van der Waals surface area contributed by atoms with Crippen molar-refractivity contribution in [2.24, 2.45) is 0 Å². The van der Waals surface area contributed by atoms with Gasteiger partial charge in [0.2, 0.25) is 5.43 Å². The van der Waals surface area contributed by atoms with Crippen LogP contribution >= 0.6 is 0 Å². The van der Waals surface area contributed by atoms with Gasteiger partial charge < -0.3 is 19.0 Å². The molecule has 4 aromatic rings. The molecule has 0 unspecified atom stereocenters.